The van der Waals surface area contributed by atoms with Crippen molar-refractivity contribution in [1.29, 1.82) is 0 Å². The number of fused-ring (bicyclic) bond motifs is 1. The standard InChI is InChI=1S/C23H27ClN4O3.C3H7NO2.C2H6N.W/c1-15(2)13-16-7-6-8-17-22(16)27-20(25-17)14-28-19(24)11-10-18(23(28)31)26-21(30)9-4-3-5-12-29;1-4(2)3(5)6;1-3-2;/h5-8,10-12,15,29H,3-4,9,13-14H2,1-2H3,(H,25,27)(H,26,30);1-2H3,(H,5,6);1-2H3;/q;;-1;/b12-5-;;;. The minimum atomic E-state index is -0.907. The molecule has 2 heterocycles. The van der Waals surface area contributed by atoms with Gasteiger partial charge in [-0.3, -0.25) is 14.2 Å². The molecule has 13 heteroatoms. The van der Waals surface area contributed by atoms with Crippen LogP contribution >= 0.6 is 11.6 Å². The number of nitrogens with one attached hydrogen (secondary N) is 2. The third-order valence-corrected chi connectivity index (χ3v) is 5.57. The topological polar surface area (TPSA) is 155 Å². The number of imidazole rings is 1. The van der Waals surface area contributed by atoms with Crippen LogP contribution in [0.1, 0.15) is 44.5 Å². The van der Waals surface area contributed by atoms with E-state index < -0.39 is 6.09 Å². The zero-order valence-electron chi connectivity index (χ0n) is 24.3. The molecular formula is C28H40ClN6O5W-. The van der Waals surface area contributed by atoms with E-state index in [-0.39, 0.29) is 56.3 Å². The second-order valence-electron chi connectivity index (χ2n) is 9.51. The zero-order valence-corrected chi connectivity index (χ0v) is 28.0. The van der Waals surface area contributed by atoms with Gasteiger partial charge in [0.15, 0.2) is 0 Å². The van der Waals surface area contributed by atoms with Gasteiger partial charge < -0.3 is 30.7 Å². The minimum Gasteiger partial charge on any atom is -0.668 e. The van der Waals surface area contributed by atoms with E-state index in [1.807, 2.05) is 12.1 Å². The van der Waals surface area contributed by atoms with Crippen LogP contribution in [-0.4, -0.2) is 69.8 Å². The number of carbonyl (C=O) groups is 2. The predicted octanol–water partition coefficient (Wildman–Crippen LogP) is 5.65. The quantitative estimate of drug-likeness (QED) is 0.126. The Kier molecular flexibility index (Phi) is 18.3. The summed E-state index contributed by atoms with van der Waals surface area (Å²) >= 11 is 6.28. The second-order valence-corrected chi connectivity index (χ2v) is 9.89. The van der Waals surface area contributed by atoms with Gasteiger partial charge in [-0.15, -0.1) is 0 Å². The number of aromatic amines is 1. The Morgan fingerprint density at radius 2 is 1.85 bits per heavy atom. The second kappa shape index (κ2) is 19.9. The van der Waals surface area contributed by atoms with Crippen molar-refractivity contribution in [2.45, 2.75) is 46.1 Å². The molecule has 0 aliphatic heterocycles. The number of aromatic nitrogens is 3. The molecule has 11 nitrogen and oxygen atoms in total. The number of halogens is 1. The number of amides is 2. The van der Waals surface area contributed by atoms with Crippen LogP contribution in [0.2, 0.25) is 5.15 Å². The number of benzene rings is 1. The van der Waals surface area contributed by atoms with E-state index in [1.54, 1.807) is 26.2 Å². The largest absolute Gasteiger partial charge is 0.668 e. The molecule has 226 valence electrons. The van der Waals surface area contributed by atoms with Gasteiger partial charge in [-0.25, -0.2) is 9.78 Å². The van der Waals surface area contributed by atoms with Gasteiger partial charge in [-0.2, -0.15) is 14.1 Å². The number of hydrogen-bond donors (Lipinski definition) is 4. The van der Waals surface area contributed by atoms with Gasteiger partial charge in [0.05, 0.1) is 23.8 Å². The van der Waals surface area contributed by atoms with Crippen LogP contribution in [-0.2, 0) is 38.8 Å². The van der Waals surface area contributed by atoms with Crippen LogP contribution in [0.25, 0.3) is 16.4 Å². The van der Waals surface area contributed by atoms with Crippen LogP contribution < -0.4 is 10.9 Å². The Morgan fingerprint density at radius 1 is 1.22 bits per heavy atom. The van der Waals surface area contributed by atoms with Crippen molar-refractivity contribution in [3.63, 3.8) is 0 Å². The van der Waals surface area contributed by atoms with Gasteiger partial charge in [-0.1, -0.05) is 43.7 Å². The summed E-state index contributed by atoms with van der Waals surface area (Å²) < 4.78 is 1.38. The molecule has 0 spiro atoms. The average Bonchev–Trinajstić information content (AvgIpc) is 3.30. The van der Waals surface area contributed by atoms with E-state index in [1.165, 1.54) is 24.7 Å². The normalized spacial score (nSPS) is 10.3. The van der Waals surface area contributed by atoms with E-state index in [2.05, 4.69) is 35.5 Å². The smallest absolute Gasteiger partial charge is 0.406 e. The van der Waals surface area contributed by atoms with Crippen LogP contribution in [0.3, 0.4) is 0 Å². The van der Waals surface area contributed by atoms with Crippen molar-refractivity contribution >= 4 is 40.3 Å². The van der Waals surface area contributed by atoms with E-state index in [9.17, 15) is 14.4 Å². The van der Waals surface area contributed by atoms with E-state index >= 15 is 0 Å². The molecule has 3 rings (SSSR count). The molecule has 2 aromatic heterocycles. The molecule has 0 saturated carbocycles. The Labute approximate surface area is 260 Å². The average molecular weight is 760 g/mol. The van der Waals surface area contributed by atoms with Crippen molar-refractivity contribution in [2.24, 2.45) is 5.92 Å². The molecular weight excluding hydrogens is 720 g/mol. The van der Waals surface area contributed by atoms with Gasteiger partial charge in [0.2, 0.25) is 5.91 Å². The summed E-state index contributed by atoms with van der Waals surface area (Å²) in [6.45, 7) is 4.49. The first-order valence-corrected chi connectivity index (χ1v) is 13.2. The first kappa shape index (κ1) is 37.9. The molecule has 0 radical (unpaired) electrons. The molecule has 0 atom stereocenters. The summed E-state index contributed by atoms with van der Waals surface area (Å²) in [4.78, 5) is 43.7. The zero-order chi connectivity index (χ0) is 30.2. The molecule has 2 amide bonds. The maximum absolute atomic E-state index is 12.9. The molecule has 3 aromatic rings. The Balaban J connectivity index is 0.00000140. The fraction of sp³-hybridized carbons (Fsp3) is 0.429. The summed E-state index contributed by atoms with van der Waals surface area (Å²) in [6.07, 6.45) is 3.94. The molecule has 0 fully saturated rings. The van der Waals surface area contributed by atoms with E-state index in [0.717, 1.165) is 34.2 Å². The van der Waals surface area contributed by atoms with Crippen molar-refractivity contribution in [3.8, 4) is 0 Å². The summed E-state index contributed by atoms with van der Waals surface area (Å²) in [7, 11) is 6.45. The maximum atomic E-state index is 12.9. The number of aliphatic hydroxyl groups is 1. The first-order valence-electron chi connectivity index (χ1n) is 12.8. The number of hydrogen-bond acceptors (Lipinski definition) is 5. The van der Waals surface area contributed by atoms with Crippen molar-refractivity contribution in [3.05, 3.63) is 74.9 Å². The number of H-pyrrole nitrogens is 1. The Hall–Kier alpha value is -3.14. The molecule has 0 aliphatic rings. The van der Waals surface area contributed by atoms with Gasteiger partial charge in [0, 0.05) is 41.6 Å². The molecule has 0 unspecified atom stereocenters. The molecule has 1 aromatic carbocycles. The fourth-order valence-corrected chi connectivity index (χ4v) is 3.64. The van der Waals surface area contributed by atoms with Crippen molar-refractivity contribution < 1.29 is 40.9 Å². The summed E-state index contributed by atoms with van der Waals surface area (Å²) in [5, 5.41) is 23.0. The van der Waals surface area contributed by atoms with Crippen LogP contribution in [0.4, 0.5) is 10.5 Å². The summed E-state index contributed by atoms with van der Waals surface area (Å²) in [5.74, 6) is 0.858. The Morgan fingerprint density at radius 3 is 2.41 bits per heavy atom. The predicted molar refractivity (Wildman–Crippen MR) is 161 cm³/mol. The number of allylic oxidation sites excluding steroid dienone is 1. The third kappa shape index (κ3) is 13.4. The van der Waals surface area contributed by atoms with Gasteiger partial charge in [-0.05, 0) is 48.9 Å². The first-order chi connectivity index (χ1) is 18.9. The Bertz CT molecular complexity index is 1320. The number of carboxylic acid groups (broad SMARTS) is 1. The van der Waals surface area contributed by atoms with E-state index in [4.69, 9.17) is 26.8 Å². The number of nitrogens with zero attached hydrogens (tertiary/aromatic N) is 4. The number of anilines is 1. The summed E-state index contributed by atoms with van der Waals surface area (Å²) in [6, 6.07) is 9.11. The monoisotopic (exact) mass is 759 g/mol. The van der Waals surface area contributed by atoms with Crippen LogP contribution in [0, 0.1) is 5.92 Å². The molecule has 0 bridgehead atoms. The number of aliphatic hydroxyl groups excluding tert-OH is 1. The maximum Gasteiger partial charge on any atom is 0.406 e. The number of rotatable bonds is 9. The number of unbranched alkanes of at least 4 members (excludes halogenated alkanes) is 1. The van der Waals surface area contributed by atoms with Gasteiger partial charge in [0.25, 0.3) is 5.56 Å². The summed E-state index contributed by atoms with van der Waals surface area (Å²) in [5.41, 5.74) is 2.75. The minimum absolute atomic E-state index is 0. The number of para-hydroxylation sites is 1. The SMILES string of the molecule is CC(C)Cc1cccc2[nH]c(Cn3c(Cl)ccc(NC(=O)CCC/C=C\O)c3=O)nc12.CN(C)C(=O)O.C[N-]C.[W]. The molecule has 4 N–H and O–H groups in total. The number of pyridine rings is 1. The fourth-order valence-electron chi connectivity index (χ4n) is 3.44. The van der Waals surface area contributed by atoms with E-state index in [0.29, 0.717) is 24.6 Å². The van der Waals surface area contributed by atoms with Crippen LogP contribution in [0.15, 0.2) is 47.5 Å². The molecule has 0 saturated heterocycles. The van der Waals surface area contributed by atoms with Crippen molar-refractivity contribution in [1.82, 2.24) is 19.4 Å². The number of carbonyl (C=O) groups excluding carboxylic acids is 1. The third-order valence-electron chi connectivity index (χ3n) is 5.24. The van der Waals surface area contributed by atoms with Crippen LogP contribution in [0.5, 0.6) is 0 Å². The van der Waals surface area contributed by atoms with Crippen molar-refractivity contribution in [2.75, 3.05) is 33.5 Å². The van der Waals surface area contributed by atoms with Gasteiger partial charge >= 0.3 is 6.09 Å². The van der Waals surface area contributed by atoms with Gasteiger partial charge in [0.1, 0.15) is 16.7 Å². The molecule has 41 heavy (non-hydrogen) atoms. The molecule has 0 aliphatic carbocycles.